The summed E-state index contributed by atoms with van der Waals surface area (Å²) in [6.45, 7) is 3.61. The zero-order chi connectivity index (χ0) is 8.97. The molecule has 0 aliphatic carbocycles. The van der Waals surface area contributed by atoms with Crippen LogP contribution in [0.1, 0.15) is 0 Å². The van der Waals surface area contributed by atoms with Gasteiger partial charge in [0.25, 0.3) is 0 Å². The molecule has 0 bridgehead atoms. The highest BCUT2D eigenvalue weighted by Crippen LogP contribution is 2.16. The molecular formula is C10H14N2. The van der Waals surface area contributed by atoms with E-state index in [0.717, 1.165) is 5.69 Å². The first kappa shape index (κ1) is 8.65. The normalized spacial score (nSPS) is 9.17. The third-order valence-electron chi connectivity index (χ3n) is 1.63. The van der Waals surface area contributed by atoms with E-state index in [9.17, 15) is 0 Å². The Hall–Kier alpha value is -1.44. The molecule has 64 valence electrons. The Morgan fingerprint density at radius 2 is 2.17 bits per heavy atom. The van der Waals surface area contributed by atoms with Crippen LogP contribution in [-0.2, 0) is 0 Å². The van der Waals surface area contributed by atoms with E-state index in [1.54, 1.807) is 6.20 Å². The molecule has 0 saturated heterocycles. The summed E-state index contributed by atoms with van der Waals surface area (Å²) < 4.78 is 0. The van der Waals surface area contributed by atoms with E-state index in [0.29, 0.717) is 0 Å². The van der Waals surface area contributed by atoms with Crippen LogP contribution in [0.25, 0.3) is 0 Å². The number of hydrogen-bond acceptors (Lipinski definition) is 2. The van der Waals surface area contributed by atoms with Crippen molar-refractivity contribution < 1.29 is 0 Å². The van der Waals surface area contributed by atoms with Gasteiger partial charge in [-0.25, -0.2) is 0 Å². The van der Waals surface area contributed by atoms with Crippen LogP contribution >= 0.6 is 0 Å². The van der Waals surface area contributed by atoms with Crippen molar-refractivity contribution in [1.29, 1.82) is 0 Å². The summed E-state index contributed by atoms with van der Waals surface area (Å²) in [6, 6.07) is 8.16. The molecule has 1 N–H and O–H groups in total. The lowest BCUT2D eigenvalue weighted by atomic mass is 10.2. The third kappa shape index (κ3) is 2.02. The van der Waals surface area contributed by atoms with Crippen molar-refractivity contribution in [3.63, 3.8) is 0 Å². The number of nitrogens with one attached hydrogen (secondary N) is 1. The Morgan fingerprint density at radius 3 is 2.75 bits per heavy atom. The molecule has 0 aromatic heterocycles. The van der Waals surface area contributed by atoms with Crippen molar-refractivity contribution in [3.05, 3.63) is 37.0 Å². The fraction of sp³-hybridized carbons (Fsp3) is 0.200. The molecule has 1 rings (SSSR count). The Kier molecular flexibility index (Phi) is 2.75. The molecule has 0 radical (unpaired) electrons. The van der Waals surface area contributed by atoms with Crippen LogP contribution in [0.3, 0.4) is 0 Å². The van der Waals surface area contributed by atoms with Crippen molar-refractivity contribution >= 4 is 11.4 Å². The molecule has 12 heavy (non-hydrogen) atoms. The van der Waals surface area contributed by atoms with Gasteiger partial charge in [-0.2, -0.15) is 0 Å². The van der Waals surface area contributed by atoms with Crippen LogP contribution in [0.15, 0.2) is 37.0 Å². The molecule has 2 heteroatoms. The largest absolute Gasteiger partial charge is 0.378 e. The van der Waals surface area contributed by atoms with Gasteiger partial charge in [0.15, 0.2) is 0 Å². The topological polar surface area (TPSA) is 15.3 Å². The molecule has 1 aromatic rings. The minimum Gasteiger partial charge on any atom is -0.378 e. The average Bonchev–Trinajstić information content (AvgIpc) is 2.05. The number of hydrogen-bond donors (Lipinski definition) is 1. The molecular weight excluding hydrogens is 148 g/mol. The van der Waals surface area contributed by atoms with Gasteiger partial charge in [-0.05, 0) is 24.4 Å². The molecule has 0 spiro atoms. The molecule has 0 atom stereocenters. The summed E-state index contributed by atoms with van der Waals surface area (Å²) in [4.78, 5) is 2.06. The van der Waals surface area contributed by atoms with Gasteiger partial charge in [0, 0.05) is 25.5 Å². The van der Waals surface area contributed by atoms with E-state index >= 15 is 0 Å². The van der Waals surface area contributed by atoms with Crippen molar-refractivity contribution in [2.75, 3.05) is 24.3 Å². The van der Waals surface area contributed by atoms with E-state index in [4.69, 9.17) is 0 Å². The minimum absolute atomic E-state index is 1.07. The lowest BCUT2D eigenvalue weighted by Crippen LogP contribution is -2.08. The Labute approximate surface area is 73.5 Å². The molecule has 0 unspecified atom stereocenters. The third-order valence-corrected chi connectivity index (χ3v) is 1.63. The van der Waals surface area contributed by atoms with E-state index in [2.05, 4.69) is 28.9 Å². The van der Waals surface area contributed by atoms with Gasteiger partial charge in [-0.3, -0.25) is 0 Å². The first-order valence-corrected chi connectivity index (χ1v) is 3.89. The summed E-state index contributed by atoms with van der Waals surface area (Å²) in [7, 11) is 4.04. The second-order valence-electron chi connectivity index (χ2n) is 2.79. The van der Waals surface area contributed by atoms with E-state index < -0.39 is 0 Å². The maximum Gasteiger partial charge on any atom is 0.0400 e. The summed E-state index contributed by atoms with van der Waals surface area (Å²) in [5.41, 5.74) is 2.25. The summed E-state index contributed by atoms with van der Waals surface area (Å²) in [6.07, 6.45) is 1.68. The monoisotopic (exact) mass is 162 g/mol. The average molecular weight is 162 g/mol. The molecule has 0 saturated carbocycles. The van der Waals surface area contributed by atoms with Gasteiger partial charge < -0.3 is 10.2 Å². The van der Waals surface area contributed by atoms with Crippen molar-refractivity contribution in [3.8, 4) is 0 Å². The second-order valence-corrected chi connectivity index (χ2v) is 2.79. The minimum atomic E-state index is 1.07. The summed E-state index contributed by atoms with van der Waals surface area (Å²) in [5.74, 6) is 0. The van der Waals surface area contributed by atoms with E-state index in [1.807, 2.05) is 26.2 Å². The molecule has 0 heterocycles. The summed E-state index contributed by atoms with van der Waals surface area (Å²) >= 11 is 0. The van der Waals surface area contributed by atoms with Gasteiger partial charge >= 0.3 is 0 Å². The van der Waals surface area contributed by atoms with Gasteiger partial charge in [-0.1, -0.05) is 12.6 Å². The van der Waals surface area contributed by atoms with Crippen LogP contribution in [0, 0.1) is 0 Å². The molecule has 0 aliphatic heterocycles. The van der Waals surface area contributed by atoms with Crippen molar-refractivity contribution in [2.45, 2.75) is 0 Å². The highest BCUT2D eigenvalue weighted by atomic mass is 15.1. The molecule has 2 nitrogen and oxygen atoms in total. The Balaban J connectivity index is 2.87. The lowest BCUT2D eigenvalue weighted by Gasteiger charge is -2.13. The SMILES string of the molecule is C=CNc1cccc(N(C)C)c1. The molecule has 0 aliphatic rings. The van der Waals surface area contributed by atoms with Gasteiger partial charge in [0.2, 0.25) is 0 Å². The van der Waals surface area contributed by atoms with Crippen LogP contribution in [0.4, 0.5) is 11.4 Å². The molecule has 0 amide bonds. The van der Waals surface area contributed by atoms with E-state index in [-0.39, 0.29) is 0 Å². The van der Waals surface area contributed by atoms with Gasteiger partial charge in [0.1, 0.15) is 0 Å². The number of benzene rings is 1. The first-order valence-electron chi connectivity index (χ1n) is 3.89. The highest BCUT2D eigenvalue weighted by molar-refractivity contribution is 5.58. The predicted molar refractivity (Wildman–Crippen MR) is 54.6 cm³/mol. The number of rotatable bonds is 3. The van der Waals surface area contributed by atoms with E-state index in [1.165, 1.54) is 5.69 Å². The van der Waals surface area contributed by atoms with Crippen LogP contribution < -0.4 is 10.2 Å². The van der Waals surface area contributed by atoms with Gasteiger partial charge in [0.05, 0.1) is 0 Å². The standard InChI is InChI=1S/C10H14N2/c1-4-11-9-6-5-7-10(8-9)12(2)3/h4-8,11H,1H2,2-3H3. The Bertz CT molecular complexity index is 266. The predicted octanol–water partition coefficient (Wildman–Crippen LogP) is 2.31. The van der Waals surface area contributed by atoms with Crippen molar-refractivity contribution in [2.24, 2.45) is 0 Å². The fourth-order valence-electron chi connectivity index (χ4n) is 0.992. The zero-order valence-electron chi connectivity index (χ0n) is 7.54. The van der Waals surface area contributed by atoms with Gasteiger partial charge in [-0.15, -0.1) is 0 Å². The maximum absolute atomic E-state index is 3.61. The second kappa shape index (κ2) is 3.81. The number of nitrogens with zero attached hydrogens (tertiary/aromatic N) is 1. The van der Waals surface area contributed by atoms with Crippen molar-refractivity contribution in [1.82, 2.24) is 0 Å². The van der Waals surface area contributed by atoms with Crippen LogP contribution in [0.2, 0.25) is 0 Å². The number of anilines is 2. The first-order chi connectivity index (χ1) is 5.74. The Morgan fingerprint density at radius 1 is 1.42 bits per heavy atom. The van der Waals surface area contributed by atoms with Crippen LogP contribution in [-0.4, -0.2) is 14.1 Å². The lowest BCUT2D eigenvalue weighted by molar-refractivity contribution is 1.13. The zero-order valence-corrected chi connectivity index (χ0v) is 7.54. The smallest absolute Gasteiger partial charge is 0.0400 e. The molecule has 1 aromatic carbocycles. The summed E-state index contributed by atoms with van der Waals surface area (Å²) in [5, 5.41) is 3.04. The quantitative estimate of drug-likeness (QED) is 0.733. The van der Waals surface area contributed by atoms with Crippen LogP contribution in [0.5, 0.6) is 0 Å². The fourth-order valence-corrected chi connectivity index (χ4v) is 0.992. The highest BCUT2D eigenvalue weighted by Gasteiger charge is 1.94. The maximum atomic E-state index is 3.61. The molecule has 0 fully saturated rings.